The number of nitrogens with zero attached hydrogens (tertiary/aromatic N) is 2. The van der Waals surface area contributed by atoms with Gasteiger partial charge >= 0.3 is 0 Å². The third kappa shape index (κ3) is 3.53. The maximum Gasteiger partial charge on any atom is 0.243 e. The van der Waals surface area contributed by atoms with Crippen LogP contribution in [0.1, 0.15) is 38.5 Å². The Morgan fingerprint density at radius 3 is 1.72 bits per heavy atom. The molecule has 0 aromatic rings. The van der Waals surface area contributed by atoms with Gasteiger partial charge in [0.05, 0.1) is 12.0 Å². The highest BCUT2D eigenvalue weighted by Crippen LogP contribution is 2.68. The van der Waals surface area contributed by atoms with Crippen LogP contribution in [-0.4, -0.2) is 77.3 Å². The van der Waals surface area contributed by atoms with Gasteiger partial charge in [-0.05, 0) is 25.3 Å². The van der Waals surface area contributed by atoms with E-state index in [1.165, 1.54) is 9.80 Å². The number of amides is 3. The van der Waals surface area contributed by atoms with Crippen LogP contribution in [0.5, 0.6) is 0 Å². The zero-order valence-electron chi connectivity index (χ0n) is 16.3. The number of carbonyl (C=O) groups excluding carboxylic acids is 3. The molecule has 4 saturated carbocycles. The van der Waals surface area contributed by atoms with E-state index < -0.39 is 34.2 Å². The molecule has 3 amide bonds. The molecule has 6 nitrogen and oxygen atoms in total. The van der Waals surface area contributed by atoms with E-state index >= 15 is 13.2 Å². The van der Waals surface area contributed by atoms with Crippen LogP contribution in [0.2, 0.25) is 0 Å². The van der Waals surface area contributed by atoms with Gasteiger partial charge in [-0.15, -0.1) is 0 Å². The second-order valence-electron chi connectivity index (χ2n) is 9.39. The summed E-state index contributed by atoms with van der Waals surface area (Å²) in [5.74, 6) is -1.13. The first-order valence-electron chi connectivity index (χ1n) is 10.0. The lowest BCUT2D eigenvalue weighted by atomic mass is 9.46. The normalized spacial score (nSPS) is 40.7. The Balaban J connectivity index is 1.41. The van der Waals surface area contributed by atoms with E-state index in [-0.39, 0.29) is 77.2 Å². The smallest absolute Gasteiger partial charge is 0.243 e. The summed E-state index contributed by atoms with van der Waals surface area (Å²) in [6.07, 6.45) is -0.255. The van der Waals surface area contributed by atoms with Crippen molar-refractivity contribution in [3.63, 3.8) is 0 Å². The number of piperazine rings is 1. The second kappa shape index (κ2) is 6.47. The Hall–Kier alpha value is -2.06. The summed E-state index contributed by atoms with van der Waals surface area (Å²) < 4.78 is 45.4. The van der Waals surface area contributed by atoms with Crippen molar-refractivity contribution in [1.29, 1.82) is 0 Å². The molecule has 1 heterocycles. The summed E-state index contributed by atoms with van der Waals surface area (Å²) in [6, 6.07) is 0. The summed E-state index contributed by atoms with van der Waals surface area (Å²) in [5, 5.41) is 2.41. The topological polar surface area (TPSA) is 69.7 Å². The van der Waals surface area contributed by atoms with E-state index in [2.05, 4.69) is 11.9 Å². The Bertz CT molecular complexity index is 712. The highest BCUT2D eigenvalue weighted by molar-refractivity contribution is 5.91. The molecule has 9 heteroatoms. The minimum absolute atomic E-state index is 0.122. The molecular weight excluding hydrogens is 387 g/mol. The standard InChI is InChI=1S/C20H26F3N3O3/c1-2-14(27)24-7-15(28)25-3-5-26(6-4-25)16(29)17-8-18(21)11-19(22,9-17)13-20(23,10-17)12-18/h2H,1,3-13H2,(H,24,27). The van der Waals surface area contributed by atoms with Crippen LogP contribution in [0, 0.1) is 5.41 Å². The summed E-state index contributed by atoms with van der Waals surface area (Å²) >= 11 is 0. The van der Waals surface area contributed by atoms with Crippen LogP contribution >= 0.6 is 0 Å². The summed E-state index contributed by atoms with van der Waals surface area (Å²) in [5.41, 5.74) is -7.23. The molecule has 5 aliphatic rings. The molecule has 1 N–H and O–H groups in total. The number of halogens is 3. The van der Waals surface area contributed by atoms with E-state index in [1.807, 2.05) is 0 Å². The molecule has 5 fully saturated rings. The molecule has 0 aromatic heterocycles. The van der Waals surface area contributed by atoms with Crippen molar-refractivity contribution in [2.75, 3.05) is 32.7 Å². The lowest BCUT2D eigenvalue weighted by Crippen LogP contribution is -2.69. The van der Waals surface area contributed by atoms with Crippen LogP contribution in [0.4, 0.5) is 13.2 Å². The Morgan fingerprint density at radius 2 is 1.28 bits per heavy atom. The first-order chi connectivity index (χ1) is 13.5. The Morgan fingerprint density at radius 1 is 0.828 bits per heavy atom. The van der Waals surface area contributed by atoms with Gasteiger partial charge in [0, 0.05) is 45.4 Å². The summed E-state index contributed by atoms with van der Waals surface area (Å²) in [6.45, 7) is 4.10. The molecule has 0 aromatic carbocycles. The van der Waals surface area contributed by atoms with Crippen molar-refractivity contribution >= 4 is 17.7 Å². The van der Waals surface area contributed by atoms with Gasteiger partial charge in [0.1, 0.15) is 17.0 Å². The monoisotopic (exact) mass is 413 g/mol. The molecule has 1 saturated heterocycles. The van der Waals surface area contributed by atoms with Crippen molar-refractivity contribution in [1.82, 2.24) is 15.1 Å². The van der Waals surface area contributed by atoms with Crippen molar-refractivity contribution in [2.24, 2.45) is 5.41 Å². The van der Waals surface area contributed by atoms with Crippen LogP contribution in [0.25, 0.3) is 0 Å². The third-order valence-corrected chi connectivity index (χ3v) is 6.84. The number of alkyl halides is 3. The zero-order valence-corrected chi connectivity index (χ0v) is 16.3. The summed E-state index contributed by atoms with van der Waals surface area (Å²) in [4.78, 5) is 39.6. The fourth-order valence-corrected chi connectivity index (χ4v) is 6.34. The molecule has 29 heavy (non-hydrogen) atoms. The fraction of sp³-hybridized carbons (Fsp3) is 0.750. The van der Waals surface area contributed by atoms with Gasteiger partial charge in [0.15, 0.2) is 0 Å². The predicted octanol–water partition coefficient (Wildman–Crippen LogP) is 1.45. The number of carbonyl (C=O) groups is 3. The van der Waals surface area contributed by atoms with Crippen molar-refractivity contribution in [3.05, 3.63) is 12.7 Å². The number of nitrogens with one attached hydrogen (secondary N) is 1. The van der Waals surface area contributed by atoms with Gasteiger partial charge < -0.3 is 15.1 Å². The van der Waals surface area contributed by atoms with Crippen molar-refractivity contribution in [2.45, 2.75) is 55.5 Å². The molecule has 160 valence electrons. The van der Waals surface area contributed by atoms with Crippen LogP contribution in [-0.2, 0) is 14.4 Å². The molecule has 0 atom stereocenters. The van der Waals surface area contributed by atoms with E-state index in [0.717, 1.165) is 6.08 Å². The Kier molecular flexibility index (Phi) is 4.51. The largest absolute Gasteiger partial charge is 0.343 e. The predicted molar refractivity (Wildman–Crippen MR) is 98.0 cm³/mol. The van der Waals surface area contributed by atoms with Gasteiger partial charge in [0.25, 0.3) is 0 Å². The minimum atomic E-state index is -1.96. The minimum Gasteiger partial charge on any atom is -0.343 e. The SMILES string of the molecule is C=CC(=O)NCC(=O)N1CCN(C(=O)C23CC4(F)CC(F)(CC(F)(C4)C2)C3)CC1. The third-order valence-electron chi connectivity index (χ3n) is 6.84. The molecule has 4 bridgehead atoms. The first-order valence-corrected chi connectivity index (χ1v) is 10.0. The number of hydrogen-bond acceptors (Lipinski definition) is 3. The molecule has 4 aliphatic carbocycles. The molecule has 5 rings (SSSR count). The van der Waals surface area contributed by atoms with Crippen molar-refractivity contribution < 1.29 is 27.6 Å². The zero-order chi connectivity index (χ0) is 21.1. The van der Waals surface area contributed by atoms with Gasteiger partial charge in [-0.25, -0.2) is 13.2 Å². The first kappa shape index (κ1) is 20.2. The highest BCUT2D eigenvalue weighted by atomic mass is 19.2. The van der Waals surface area contributed by atoms with E-state index in [9.17, 15) is 14.4 Å². The van der Waals surface area contributed by atoms with Crippen molar-refractivity contribution in [3.8, 4) is 0 Å². The fourth-order valence-electron chi connectivity index (χ4n) is 6.34. The molecule has 0 spiro atoms. The quantitative estimate of drug-likeness (QED) is 0.710. The highest BCUT2D eigenvalue weighted by Gasteiger charge is 2.72. The van der Waals surface area contributed by atoms with Gasteiger partial charge in [-0.1, -0.05) is 6.58 Å². The maximum absolute atomic E-state index is 15.1. The molecule has 0 radical (unpaired) electrons. The summed E-state index contributed by atoms with van der Waals surface area (Å²) in [7, 11) is 0. The Labute approximate surface area is 167 Å². The van der Waals surface area contributed by atoms with Crippen LogP contribution < -0.4 is 5.32 Å². The average molecular weight is 413 g/mol. The number of rotatable bonds is 4. The van der Waals surface area contributed by atoms with E-state index in [1.54, 1.807) is 0 Å². The van der Waals surface area contributed by atoms with E-state index in [0.29, 0.717) is 0 Å². The van der Waals surface area contributed by atoms with Crippen LogP contribution in [0.3, 0.4) is 0 Å². The lowest BCUT2D eigenvalue weighted by Gasteiger charge is -2.63. The van der Waals surface area contributed by atoms with Gasteiger partial charge in [-0.2, -0.15) is 0 Å². The van der Waals surface area contributed by atoms with E-state index in [4.69, 9.17) is 0 Å². The van der Waals surface area contributed by atoms with Crippen LogP contribution in [0.15, 0.2) is 12.7 Å². The maximum atomic E-state index is 15.1. The molecular formula is C20H26F3N3O3. The average Bonchev–Trinajstić information content (AvgIpc) is 2.61. The lowest BCUT2D eigenvalue weighted by molar-refractivity contribution is -0.222. The van der Waals surface area contributed by atoms with Gasteiger partial charge in [0.2, 0.25) is 17.7 Å². The molecule has 0 unspecified atom stereocenters. The molecule has 1 aliphatic heterocycles. The number of hydrogen-bond donors (Lipinski definition) is 1. The van der Waals surface area contributed by atoms with Gasteiger partial charge in [-0.3, -0.25) is 14.4 Å². The second-order valence-corrected chi connectivity index (χ2v) is 9.39.